The third kappa shape index (κ3) is 3.13. The summed E-state index contributed by atoms with van der Waals surface area (Å²) in [5, 5.41) is 3.36. The number of aromatic nitrogens is 1. The summed E-state index contributed by atoms with van der Waals surface area (Å²) in [7, 11) is 0. The van der Waals surface area contributed by atoms with Crippen molar-refractivity contribution in [3.63, 3.8) is 0 Å². The lowest BCUT2D eigenvalue weighted by molar-refractivity contribution is -0.135. The van der Waals surface area contributed by atoms with Gasteiger partial charge in [0.25, 0.3) is 0 Å². The first-order chi connectivity index (χ1) is 9.34. The molecule has 0 bridgehead atoms. The quantitative estimate of drug-likeness (QED) is 0.895. The van der Waals surface area contributed by atoms with Gasteiger partial charge in [0.05, 0.1) is 6.04 Å². The fourth-order valence-electron chi connectivity index (χ4n) is 2.72. The molecule has 1 N–H and O–H groups in total. The molecule has 0 spiro atoms. The second-order valence-corrected chi connectivity index (χ2v) is 5.56. The molecule has 0 radical (unpaired) electrons. The molecular formula is C15H21N3O. The first-order valence-electron chi connectivity index (χ1n) is 7.27. The van der Waals surface area contributed by atoms with Crippen LogP contribution in [0.25, 0.3) is 0 Å². The topological polar surface area (TPSA) is 45.2 Å². The van der Waals surface area contributed by atoms with E-state index in [0.29, 0.717) is 12.6 Å². The Morgan fingerprint density at radius 2 is 2.26 bits per heavy atom. The maximum absolute atomic E-state index is 12.6. The van der Waals surface area contributed by atoms with Crippen LogP contribution in [-0.2, 0) is 11.3 Å². The normalized spacial score (nSPS) is 23.1. The number of carbonyl (C=O) groups is 1. The number of hydrogen-bond acceptors (Lipinski definition) is 3. The highest BCUT2D eigenvalue weighted by Gasteiger charge is 2.36. The van der Waals surface area contributed by atoms with Crippen LogP contribution in [-0.4, -0.2) is 34.4 Å². The third-order valence-electron chi connectivity index (χ3n) is 3.95. The van der Waals surface area contributed by atoms with Gasteiger partial charge < -0.3 is 10.2 Å². The summed E-state index contributed by atoms with van der Waals surface area (Å²) in [5.74, 6) is 0.283. The lowest BCUT2D eigenvalue weighted by atomic mass is 10.0. The highest BCUT2D eigenvalue weighted by molar-refractivity contribution is 5.82. The Morgan fingerprint density at radius 3 is 2.89 bits per heavy atom. The molecule has 1 aromatic rings. The van der Waals surface area contributed by atoms with Crippen LogP contribution < -0.4 is 5.32 Å². The van der Waals surface area contributed by atoms with Crippen molar-refractivity contribution in [1.29, 1.82) is 0 Å². The number of carbonyl (C=O) groups excluding carboxylic acids is 1. The van der Waals surface area contributed by atoms with Gasteiger partial charge in [0.15, 0.2) is 0 Å². The number of amides is 1. The Labute approximate surface area is 114 Å². The fraction of sp³-hybridized carbons (Fsp3) is 0.600. The number of pyridine rings is 1. The zero-order valence-electron chi connectivity index (χ0n) is 11.2. The number of nitrogens with one attached hydrogen (secondary N) is 1. The summed E-state index contributed by atoms with van der Waals surface area (Å²) in [4.78, 5) is 18.8. The molecule has 1 saturated heterocycles. The molecule has 0 aromatic carbocycles. The number of piperidine rings is 1. The zero-order valence-corrected chi connectivity index (χ0v) is 11.2. The maximum atomic E-state index is 12.6. The van der Waals surface area contributed by atoms with Crippen LogP contribution in [0.5, 0.6) is 0 Å². The first-order valence-corrected chi connectivity index (χ1v) is 7.27. The highest BCUT2D eigenvalue weighted by Crippen LogP contribution is 2.29. The van der Waals surface area contributed by atoms with Crippen molar-refractivity contribution < 1.29 is 4.79 Å². The van der Waals surface area contributed by atoms with Crippen molar-refractivity contribution in [1.82, 2.24) is 15.2 Å². The Morgan fingerprint density at radius 1 is 1.37 bits per heavy atom. The van der Waals surface area contributed by atoms with Gasteiger partial charge in [-0.2, -0.15) is 0 Å². The van der Waals surface area contributed by atoms with Crippen LogP contribution in [0.1, 0.15) is 37.7 Å². The summed E-state index contributed by atoms with van der Waals surface area (Å²) in [6.07, 6.45) is 9.27. The lowest BCUT2D eigenvalue weighted by Gasteiger charge is -2.30. The monoisotopic (exact) mass is 259 g/mol. The maximum Gasteiger partial charge on any atom is 0.240 e. The molecule has 2 fully saturated rings. The standard InChI is InChI=1S/C15H21N3O/c19-15(14-5-1-2-9-17-14)18(13-6-7-13)11-12-4-3-8-16-10-12/h3-4,8,10,13-14,17H,1-2,5-7,9,11H2. The molecule has 1 unspecified atom stereocenters. The van der Waals surface area contributed by atoms with E-state index >= 15 is 0 Å². The summed E-state index contributed by atoms with van der Waals surface area (Å²) >= 11 is 0. The third-order valence-corrected chi connectivity index (χ3v) is 3.95. The van der Waals surface area contributed by atoms with Crippen molar-refractivity contribution in [2.75, 3.05) is 6.54 Å². The van der Waals surface area contributed by atoms with Gasteiger partial charge in [-0.15, -0.1) is 0 Å². The summed E-state index contributed by atoms with van der Waals surface area (Å²) in [6.45, 7) is 1.68. The average molecular weight is 259 g/mol. The molecule has 2 heterocycles. The SMILES string of the molecule is O=C(C1CCCCN1)N(Cc1cccnc1)C1CC1. The largest absolute Gasteiger partial charge is 0.334 e. The Balaban J connectivity index is 1.68. The number of rotatable bonds is 4. The summed E-state index contributed by atoms with van der Waals surface area (Å²) in [5.41, 5.74) is 1.12. The van der Waals surface area contributed by atoms with E-state index in [1.54, 1.807) is 6.20 Å². The van der Waals surface area contributed by atoms with Gasteiger partial charge in [0.1, 0.15) is 0 Å². The molecule has 1 atom stereocenters. The van der Waals surface area contributed by atoms with Gasteiger partial charge in [-0.3, -0.25) is 9.78 Å². The Bertz CT molecular complexity index is 424. The highest BCUT2D eigenvalue weighted by atomic mass is 16.2. The van der Waals surface area contributed by atoms with Crippen molar-refractivity contribution in [3.8, 4) is 0 Å². The Kier molecular flexibility index (Phi) is 3.78. The van der Waals surface area contributed by atoms with E-state index < -0.39 is 0 Å². The van der Waals surface area contributed by atoms with Crippen LogP contribution in [0.4, 0.5) is 0 Å². The lowest BCUT2D eigenvalue weighted by Crippen LogP contribution is -2.49. The van der Waals surface area contributed by atoms with Gasteiger partial charge in [-0.25, -0.2) is 0 Å². The van der Waals surface area contributed by atoms with Crippen LogP contribution in [0.3, 0.4) is 0 Å². The molecule has 1 amide bonds. The molecule has 1 saturated carbocycles. The molecule has 4 heteroatoms. The zero-order chi connectivity index (χ0) is 13.1. The fourth-order valence-corrected chi connectivity index (χ4v) is 2.72. The minimum absolute atomic E-state index is 0.0334. The second kappa shape index (κ2) is 5.70. The van der Waals surface area contributed by atoms with Crippen LogP contribution >= 0.6 is 0 Å². The molecule has 1 aromatic heterocycles. The van der Waals surface area contributed by atoms with E-state index in [-0.39, 0.29) is 11.9 Å². The van der Waals surface area contributed by atoms with Crippen LogP contribution in [0.15, 0.2) is 24.5 Å². The average Bonchev–Trinajstić information content (AvgIpc) is 3.31. The van der Waals surface area contributed by atoms with Crippen molar-refractivity contribution in [2.45, 2.75) is 50.7 Å². The van der Waals surface area contributed by atoms with E-state index in [4.69, 9.17) is 0 Å². The summed E-state index contributed by atoms with van der Waals surface area (Å²) < 4.78 is 0. The molecule has 3 rings (SSSR count). The Hall–Kier alpha value is -1.42. The van der Waals surface area contributed by atoms with Crippen molar-refractivity contribution >= 4 is 5.91 Å². The van der Waals surface area contributed by atoms with E-state index in [2.05, 4.69) is 15.2 Å². The molecule has 102 valence electrons. The first kappa shape index (κ1) is 12.6. The molecule has 2 aliphatic rings. The van der Waals surface area contributed by atoms with E-state index in [1.807, 2.05) is 18.3 Å². The number of hydrogen-bond donors (Lipinski definition) is 1. The minimum Gasteiger partial charge on any atom is -0.334 e. The van der Waals surface area contributed by atoms with Gasteiger partial charge in [0, 0.05) is 25.0 Å². The van der Waals surface area contributed by atoms with Gasteiger partial charge in [0.2, 0.25) is 5.91 Å². The van der Waals surface area contributed by atoms with Gasteiger partial charge >= 0.3 is 0 Å². The predicted molar refractivity (Wildman–Crippen MR) is 73.5 cm³/mol. The smallest absolute Gasteiger partial charge is 0.240 e. The molecule has 4 nitrogen and oxygen atoms in total. The van der Waals surface area contributed by atoms with E-state index in [0.717, 1.165) is 37.8 Å². The predicted octanol–water partition coefficient (Wildman–Crippen LogP) is 1.71. The molecule has 19 heavy (non-hydrogen) atoms. The number of nitrogens with zero attached hydrogens (tertiary/aromatic N) is 2. The second-order valence-electron chi connectivity index (χ2n) is 5.56. The van der Waals surface area contributed by atoms with Crippen molar-refractivity contribution in [2.24, 2.45) is 0 Å². The van der Waals surface area contributed by atoms with Crippen LogP contribution in [0, 0.1) is 0 Å². The van der Waals surface area contributed by atoms with Gasteiger partial charge in [-0.05, 0) is 43.9 Å². The molecule has 1 aliphatic heterocycles. The van der Waals surface area contributed by atoms with Crippen LogP contribution in [0.2, 0.25) is 0 Å². The summed E-state index contributed by atoms with van der Waals surface area (Å²) in [6, 6.07) is 4.47. The minimum atomic E-state index is 0.0334. The van der Waals surface area contributed by atoms with E-state index in [9.17, 15) is 4.79 Å². The molecule has 1 aliphatic carbocycles. The van der Waals surface area contributed by atoms with Crippen molar-refractivity contribution in [3.05, 3.63) is 30.1 Å². The van der Waals surface area contributed by atoms with E-state index in [1.165, 1.54) is 6.42 Å². The molecular weight excluding hydrogens is 238 g/mol. The van der Waals surface area contributed by atoms with Gasteiger partial charge in [-0.1, -0.05) is 12.5 Å².